The van der Waals surface area contributed by atoms with E-state index < -0.39 is 5.38 Å². The summed E-state index contributed by atoms with van der Waals surface area (Å²) in [5.41, 5.74) is 0. The third-order valence-electron chi connectivity index (χ3n) is 3.35. The highest BCUT2D eigenvalue weighted by Crippen LogP contribution is 2.23. The number of hydrogen-bond donors (Lipinski definition) is 0. The van der Waals surface area contributed by atoms with E-state index >= 15 is 0 Å². The van der Waals surface area contributed by atoms with Gasteiger partial charge in [0.15, 0.2) is 0 Å². The summed E-state index contributed by atoms with van der Waals surface area (Å²) in [5, 5.41) is 8.18. The molecule has 0 aromatic heterocycles. The van der Waals surface area contributed by atoms with Gasteiger partial charge in [-0.1, -0.05) is 25.7 Å². The third-order valence-corrected chi connectivity index (χ3v) is 3.54. The van der Waals surface area contributed by atoms with Crippen molar-refractivity contribution in [2.75, 3.05) is 6.54 Å². The van der Waals surface area contributed by atoms with E-state index in [9.17, 15) is 4.79 Å². The maximum Gasteiger partial charge on any atom is 0.240 e. The Kier molecular flexibility index (Phi) is 6.36. The predicted molar refractivity (Wildman–Crippen MR) is 68.7 cm³/mol. The second kappa shape index (κ2) is 7.55. The lowest BCUT2D eigenvalue weighted by atomic mass is 10.1. The largest absolute Gasteiger partial charge is 0.337 e. The van der Waals surface area contributed by atoms with Gasteiger partial charge in [-0.3, -0.25) is 4.79 Å². The van der Waals surface area contributed by atoms with Crippen LogP contribution < -0.4 is 0 Å². The number of carbonyl (C=O) groups excluding carboxylic acids is 1. The first kappa shape index (κ1) is 14.3. The Bertz CT molecular complexity index is 278. The molecular formula is C13H21ClN2O. The number of carbonyl (C=O) groups is 1. The average molecular weight is 257 g/mol. The molecule has 1 saturated carbocycles. The number of nitriles is 1. The van der Waals surface area contributed by atoms with E-state index in [1.54, 1.807) is 6.92 Å². The Hall–Kier alpha value is -0.750. The van der Waals surface area contributed by atoms with Crippen molar-refractivity contribution in [2.45, 2.75) is 63.3 Å². The lowest BCUT2D eigenvalue weighted by molar-refractivity contribution is -0.133. The van der Waals surface area contributed by atoms with Gasteiger partial charge in [-0.15, -0.1) is 11.6 Å². The van der Waals surface area contributed by atoms with Gasteiger partial charge in [0.25, 0.3) is 0 Å². The molecule has 1 fully saturated rings. The van der Waals surface area contributed by atoms with Crippen molar-refractivity contribution in [3.8, 4) is 6.07 Å². The van der Waals surface area contributed by atoms with Gasteiger partial charge in [-0.25, -0.2) is 0 Å². The SMILES string of the molecule is CC(Cl)C(=O)N(CCC#N)C1CCCCCC1. The summed E-state index contributed by atoms with van der Waals surface area (Å²) in [6, 6.07) is 2.40. The molecule has 1 amide bonds. The van der Waals surface area contributed by atoms with Crippen LogP contribution in [0.2, 0.25) is 0 Å². The number of hydrogen-bond acceptors (Lipinski definition) is 2. The molecule has 4 heteroatoms. The molecular weight excluding hydrogens is 236 g/mol. The fourth-order valence-corrected chi connectivity index (χ4v) is 2.57. The summed E-state index contributed by atoms with van der Waals surface area (Å²) in [6.07, 6.45) is 7.38. The van der Waals surface area contributed by atoms with E-state index in [0.29, 0.717) is 19.0 Å². The first-order chi connectivity index (χ1) is 8.16. The normalized spacial score (nSPS) is 19.1. The highest BCUT2D eigenvalue weighted by molar-refractivity contribution is 6.30. The van der Waals surface area contributed by atoms with Crippen molar-refractivity contribution in [3.63, 3.8) is 0 Å². The summed E-state index contributed by atoms with van der Waals surface area (Å²) < 4.78 is 0. The average Bonchev–Trinajstić information content (AvgIpc) is 2.58. The molecule has 0 radical (unpaired) electrons. The van der Waals surface area contributed by atoms with Crippen LogP contribution in [0.3, 0.4) is 0 Å². The highest BCUT2D eigenvalue weighted by Gasteiger charge is 2.26. The van der Waals surface area contributed by atoms with Crippen LogP contribution in [0.25, 0.3) is 0 Å². The quantitative estimate of drug-likeness (QED) is 0.573. The number of amides is 1. The summed E-state index contributed by atoms with van der Waals surface area (Å²) in [7, 11) is 0. The Morgan fingerprint density at radius 1 is 1.41 bits per heavy atom. The van der Waals surface area contributed by atoms with Gasteiger partial charge in [0, 0.05) is 12.6 Å². The molecule has 1 unspecified atom stereocenters. The smallest absolute Gasteiger partial charge is 0.240 e. The number of nitrogens with zero attached hydrogens (tertiary/aromatic N) is 2. The molecule has 1 atom stereocenters. The van der Waals surface area contributed by atoms with Crippen LogP contribution in [-0.2, 0) is 4.79 Å². The van der Waals surface area contributed by atoms with Gasteiger partial charge in [-0.2, -0.15) is 5.26 Å². The summed E-state index contributed by atoms with van der Waals surface area (Å²) in [6.45, 7) is 2.23. The van der Waals surface area contributed by atoms with Crippen LogP contribution >= 0.6 is 11.6 Å². The maximum absolute atomic E-state index is 12.0. The lowest BCUT2D eigenvalue weighted by Crippen LogP contribution is -2.43. The zero-order chi connectivity index (χ0) is 12.7. The minimum atomic E-state index is -0.489. The molecule has 0 saturated heterocycles. The second-order valence-corrected chi connectivity index (χ2v) is 5.36. The first-order valence-electron chi connectivity index (χ1n) is 6.48. The van der Waals surface area contributed by atoms with Crippen LogP contribution in [0.15, 0.2) is 0 Å². The number of halogens is 1. The van der Waals surface area contributed by atoms with E-state index in [0.717, 1.165) is 12.8 Å². The Morgan fingerprint density at radius 2 is 2.00 bits per heavy atom. The molecule has 1 aliphatic carbocycles. The molecule has 0 aromatic rings. The molecule has 0 N–H and O–H groups in total. The fraction of sp³-hybridized carbons (Fsp3) is 0.846. The highest BCUT2D eigenvalue weighted by atomic mass is 35.5. The van der Waals surface area contributed by atoms with Gasteiger partial charge in [-0.05, 0) is 19.8 Å². The van der Waals surface area contributed by atoms with Gasteiger partial charge in [0.05, 0.1) is 12.5 Å². The molecule has 3 nitrogen and oxygen atoms in total. The maximum atomic E-state index is 12.0. The van der Waals surface area contributed by atoms with Crippen LogP contribution in [0.4, 0.5) is 0 Å². The lowest BCUT2D eigenvalue weighted by Gasteiger charge is -2.31. The minimum Gasteiger partial charge on any atom is -0.337 e. The minimum absolute atomic E-state index is 0.0196. The molecule has 0 aromatic carbocycles. The first-order valence-corrected chi connectivity index (χ1v) is 6.92. The van der Waals surface area contributed by atoms with Crippen molar-refractivity contribution in [2.24, 2.45) is 0 Å². The van der Waals surface area contributed by atoms with Gasteiger partial charge in [0.2, 0.25) is 5.91 Å². The van der Waals surface area contributed by atoms with Crippen LogP contribution in [-0.4, -0.2) is 28.8 Å². The van der Waals surface area contributed by atoms with Crippen molar-refractivity contribution in [1.29, 1.82) is 5.26 Å². The molecule has 1 rings (SSSR count). The molecule has 0 heterocycles. The van der Waals surface area contributed by atoms with Crippen molar-refractivity contribution >= 4 is 17.5 Å². The van der Waals surface area contributed by atoms with Crippen LogP contribution in [0.5, 0.6) is 0 Å². The topological polar surface area (TPSA) is 44.1 Å². The Balaban J connectivity index is 2.66. The summed E-state index contributed by atoms with van der Waals surface area (Å²) in [4.78, 5) is 13.9. The van der Waals surface area contributed by atoms with Crippen molar-refractivity contribution in [3.05, 3.63) is 0 Å². The molecule has 17 heavy (non-hydrogen) atoms. The van der Waals surface area contributed by atoms with E-state index in [4.69, 9.17) is 16.9 Å². The van der Waals surface area contributed by atoms with Gasteiger partial charge >= 0.3 is 0 Å². The van der Waals surface area contributed by atoms with E-state index in [1.807, 2.05) is 4.90 Å². The van der Waals surface area contributed by atoms with E-state index in [2.05, 4.69) is 6.07 Å². The van der Waals surface area contributed by atoms with Crippen molar-refractivity contribution < 1.29 is 4.79 Å². The van der Waals surface area contributed by atoms with Crippen LogP contribution in [0.1, 0.15) is 51.9 Å². The standard InChI is InChI=1S/C13H21ClN2O/c1-11(14)13(17)16(10-6-9-15)12-7-4-2-3-5-8-12/h11-12H,2-8,10H2,1H3. The molecule has 0 spiro atoms. The zero-order valence-electron chi connectivity index (χ0n) is 10.5. The number of alkyl halides is 1. The predicted octanol–water partition coefficient (Wildman–Crippen LogP) is 3.08. The molecule has 1 aliphatic rings. The Labute approximate surface area is 109 Å². The van der Waals surface area contributed by atoms with Crippen molar-refractivity contribution in [1.82, 2.24) is 4.90 Å². The van der Waals surface area contributed by atoms with E-state index in [-0.39, 0.29) is 5.91 Å². The molecule has 96 valence electrons. The summed E-state index contributed by atoms with van der Waals surface area (Å²) in [5.74, 6) is -0.0196. The summed E-state index contributed by atoms with van der Waals surface area (Å²) >= 11 is 5.89. The monoisotopic (exact) mass is 256 g/mol. The second-order valence-electron chi connectivity index (χ2n) is 4.70. The van der Waals surface area contributed by atoms with Gasteiger partial charge in [0.1, 0.15) is 5.38 Å². The third kappa shape index (κ3) is 4.55. The molecule has 0 aliphatic heterocycles. The van der Waals surface area contributed by atoms with Crippen LogP contribution in [0, 0.1) is 11.3 Å². The fourth-order valence-electron chi connectivity index (χ4n) is 2.44. The zero-order valence-corrected chi connectivity index (χ0v) is 11.2. The Morgan fingerprint density at radius 3 is 2.47 bits per heavy atom. The van der Waals surface area contributed by atoms with E-state index in [1.165, 1.54) is 25.7 Å². The number of rotatable bonds is 4. The van der Waals surface area contributed by atoms with Gasteiger partial charge < -0.3 is 4.90 Å². The molecule has 0 bridgehead atoms.